The maximum absolute atomic E-state index is 14.4. The molecule has 0 aliphatic carbocycles. The van der Waals surface area contributed by atoms with Crippen LogP contribution in [0.3, 0.4) is 0 Å². The lowest BCUT2D eigenvalue weighted by molar-refractivity contribution is 0.0921. The molecular formula is C24H19FN2O5S. The molecule has 2 aromatic heterocycles. The summed E-state index contributed by atoms with van der Waals surface area (Å²) in [5.41, 5.74) is 0.512. The number of carbonyl (C=O) groups is 1. The van der Waals surface area contributed by atoms with Crippen molar-refractivity contribution >= 4 is 15.7 Å². The first-order valence-corrected chi connectivity index (χ1v) is 11.6. The molecule has 0 saturated carbocycles. The normalized spacial score (nSPS) is 11.2. The quantitative estimate of drug-likeness (QED) is 0.410. The summed E-state index contributed by atoms with van der Waals surface area (Å²) < 4.78 is 50.1. The molecule has 168 valence electrons. The molecule has 0 aliphatic rings. The van der Waals surface area contributed by atoms with Gasteiger partial charge in [0.25, 0.3) is 5.91 Å². The molecule has 0 bridgehead atoms. The number of hydrogen-bond acceptors (Lipinski definition) is 6. The van der Waals surface area contributed by atoms with Crippen LogP contribution in [0.1, 0.15) is 21.9 Å². The molecule has 0 unspecified atom stereocenters. The number of hydrogen-bond donors (Lipinski definition) is 1. The third-order valence-corrected chi connectivity index (χ3v) is 6.29. The van der Waals surface area contributed by atoms with Gasteiger partial charge in [0.2, 0.25) is 0 Å². The predicted molar refractivity (Wildman–Crippen MR) is 118 cm³/mol. The Morgan fingerprint density at radius 2 is 1.85 bits per heavy atom. The Hall–Kier alpha value is -3.98. The van der Waals surface area contributed by atoms with Crippen molar-refractivity contribution in [2.24, 2.45) is 0 Å². The van der Waals surface area contributed by atoms with E-state index in [1.807, 2.05) is 0 Å². The molecule has 1 N–H and O–H groups in total. The molecule has 0 spiro atoms. The van der Waals surface area contributed by atoms with Crippen molar-refractivity contribution in [3.63, 3.8) is 0 Å². The number of pyridine rings is 1. The van der Waals surface area contributed by atoms with Crippen LogP contribution in [-0.2, 0) is 22.1 Å². The fourth-order valence-corrected chi connectivity index (χ4v) is 4.29. The van der Waals surface area contributed by atoms with Crippen LogP contribution in [0.25, 0.3) is 0 Å². The van der Waals surface area contributed by atoms with Gasteiger partial charge in [0.15, 0.2) is 27.2 Å². The van der Waals surface area contributed by atoms with Crippen molar-refractivity contribution in [1.29, 1.82) is 0 Å². The Morgan fingerprint density at radius 3 is 2.58 bits per heavy atom. The molecule has 9 heteroatoms. The monoisotopic (exact) mass is 466 g/mol. The highest BCUT2D eigenvalue weighted by Gasteiger charge is 2.19. The summed E-state index contributed by atoms with van der Waals surface area (Å²) >= 11 is 0. The maximum Gasteiger partial charge on any atom is 0.287 e. The first-order valence-electron chi connectivity index (χ1n) is 9.92. The van der Waals surface area contributed by atoms with Gasteiger partial charge in [-0.15, -0.1) is 0 Å². The van der Waals surface area contributed by atoms with Crippen molar-refractivity contribution in [2.45, 2.75) is 17.2 Å². The molecule has 7 nitrogen and oxygen atoms in total. The number of rotatable bonds is 8. The van der Waals surface area contributed by atoms with Crippen LogP contribution in [0.5, 0.6) is 11.5 Å². The van der Waals surface area contributed by atoms with Crippen LogP contribution in [0.4, 0.5) is 4.39 Å². The van der Waals surface area contributed by atoms with Gasteiger partial charge >= 0.3 is 0 Å². The molecular weight excluding hydrogens is 447 g/mol. The molecule has 2 aromatic carbocycles. The Morgan fingerprint density at radius 1 is 1.03 bits per heavy atom. The van der Waals surface area contributed by atoms with E-state index in [2.05, 4.69) is 10.3 Å². The molecule has 4 aromatic rings. The number of amides is 1. The minimum atomic E-state index is -3.60. The van der Waals surface area contributed by atoms with E-state index in [4.69, 9.17) is 9.15 Å². The van der Waals surface area contributed by atoms with Gasteiger partial charge in [0.05, 0.1) is 11.1 Å². The number of carbonyl (C=O) groups excluding carboxylic acids is 1. The second-order valence-corrected chi connectivity index (χ2v) is 9.07. The molecule has 2 heterocycles. The SMILES string of the molecule is O=C(NCc1ccc(Oc2cccnc2)c(F)c1)c1ccc(CS(=O)(=O)c2ccccc2)o1. The first kappa shape index (κ1) is 22.2. The highest BCUT2D eigenvalue weighted by Crippen LogP contribution is 2.24. The molecule has 0 atom stereocenters. The van der Waals surface area contributed by atoms with Gasteiger partial charge in [-0.2, -0.15) is 0 Å². The average Bonchev–Trinajstić information content (AvgIpc) is 3.28. The first-order chi connectivity index (χ1) is 15.9. The van der Waals surface area contributed by atoms with Gasteiger partial charge in [-0.25, -0.2) is 12.8 Å². The summed E-state index contributed by atoms with van der Waals surface area (Å²) in [5.74, 6) is -0.953. The number of aromatic nitrogens is 1. The van der Waals surface area contributed by atoms with Crippen molar-refractivity contribution in [1.82, 2.24) is 10.3 Å². The molecule has 33 heavy (non-hydrogen) atoms. The van der Waals surface area contributed by atoms with Gasteiger partial charge in [0, 0.05) is 12.7 Å². The van der Waals surface area contributed by atoms with Crippen LogP contribution < -0.4 is 10.1 Å². The lowest BCUT2D eigenvalue weighted by atomic mass is 10.2. The largest absolute Gasteiger partial charge is 0.455 e. The van der Waals surface area contributed by atoms with E-state index in [0.29, 0.717) is 11.3 Å². The summed E-state index contributed by atoms with van der Waals surface area (Å²) in [6.45, 7) is 0.0429. The Kier molecular flexibility index (Phi) is 6.50. The van der Waals surface area contributed by atoms with Gasteiger partial charge in [-0.1, -0.05) is 24.3 Å². The third-order valence-electron chi connectivity index (χ3n) is 4.63. The molecule has 0 saturated heterocycles. The summed E-state index contributed by atoms with van der Waals surface area (Å²) in [7, 11) is -3.60. The number of halogens is 1. The van der Waals surface area contributed by atoms with E-state index >= 15 is 0 Å². The summed E-state index contributed by atoms with van der Waals surface area (Å²) in [6.07, 6.45) is 3.05. The lowest BCUT2D eigenvalue weighted by Gasteiger charge is -2.08. The van der Waals surface area contributed by atoms with Crippen molar-refractivity contribution in [3.05, 3.63) is 108 Å². The zero-order chi connectivity index (χ0) is 23.3. The number of furan rings is 1. The Balaban J connectivity index is 1.36. The fourth-order valence-electron chi connectivity index (χ4n) is 3.02. The molecule has 4 rings (SSSR count). The topological polar surface area (TPSA) is 98.5 Å². The molecule has 0 aliphatic heterocycles. The lowest BCUT2D eigenvalue weighted by Crippen LogP contribution is -2.22. The molecule has 0 radical (unpaired) electrons. The van der Waals surface area contributed by atoms with E-state index in [-0.39, 0.29) is 34.5 Å². The minimum absolute atomic E-state index is 0.0355. The van der Waals surface area contributed by atoms with E-state index in [1.165, 1.54) is 42.6 Å². The number of ether oxygens (including phenoxy) is 1. The summed E-state index contributed by atoms with van der Waals surface area (Å²) in [4.78, 5) is 16.5. The van der Waals surface area contributed by atoms with Gasteiger partial charge < -0.3 is 14.5 Å². The number of nitrogens with one attached hydrogen (secondary N) is 1. The number of benzene rings is 2. The van der Waals surface area contributed by atoms with E-state index in [0.717, 1.165) is 0 Å². The van der Waals surface area contributed by atoms with Crippen LogP contribution in [-0.4, -0.2) is 19.3 Å². The number of nitrogens with zero attached hydrogens (tertiary/aromatic N) is 1. The van der Waals surface area contributed by atoms with Gasteiger partial charge in [0.1, 0.15) is 17.3 Å². The molecule has 1 amide bonds. The summed E-state index contributed by atoms with van der Waals surface area (Å²) in [5, 5.41) is 2.62. The van der Waals surface area contributed by atoms with Crippen LogP contribution in [0, 0.1) is 5.82 Å². The zero-order valence-electron chi connectivity index (χ0n) is 17.3. The Labute approximate surface area is 189 Å². The highest BCUT2D eigenvalue weighted by atomic mass is 32.2. The zero-order valence-corrected chi connectivity index (χ0v) is 18.1. The smallest absolute Gasteiger partial charge is 0.287 e. The van der Waals surface area contributed by atoms with Crippen LogP contribution in [0.15, 0.2) is 94.5 Å². The van der Waals surface area contributed by atoms with Crippen molar-refractivity contribution < 1.29 is 26.8 Å². The second kappa shape index (κ2) is 9.66. The standard InChI is InChI=1S/C24H19FN2O5S/c25-21-13-17(8-10-22(21)31-18-5-4-12-26-15-18)14-27-24(28)23-11-9-19(32-23)16-33(29,30)20-6-2-1-3-7-20/h1-13,15H,14,16H2,(H,27,28). The molecule has 0 fully saturated rings. The van der Waals surface area contributed by atoms with Gasteiger partial charge in [-0.05, 0) is 54.1 Å². The third kappa shape index (κ3) is 5.64. The van der Waals surface area contributed by atoms with Crippen molar-refractivity contribution in [2.75, 3.05) is 0 Å². The van der Waals surface area contributed by atoms with E-state index in [1.54, 1.807) is 42.6 Å². The number of sulfone groups is 1. The average molecular weight is 466 g/mol. The fraction of sp³-hybridized carbons (Fsp3) is 0.0833. The minimum Gasteiger partial charge on any atom is -0.455 e. The van der Waals surface area contributed by atoms with E-state index < -0.39 is 21.6 Å². The second-order valence-electron chi connectivity index (χ2n) is 7.08. The van der Waals surface area contributed by atoms with Crippen LogP contribution in [0.2, 0.25) is 0 Å². The Bertz CT molecular complexity index is 1360. The van der Waals surface area contributed by atoms with Crippen molar-refractivity contribution in [3.8, 4) is 11.5 Å². The highest BCUT2D eigenvalue weighted by molar-refractivity contribution is 7.90. The van der Waals surface area contributed by atoms with Crippen LogP contribution >= 0.6 is 0 Å². The van der Waals surface area contributed by atoms with E-state index in [9.17, 15) is 17.6 Å². The maximum atomic E-state index is 14.4. The predicted octanol–water partition coefficient (Wildman–Crippen LogP) is 4.51. The summed E-state index contributed by atoms with van der Waals surface area (Å²) in [6, 6.07) is 18.5. The van der Waals surface area contributed by atoms with Gasteiger partial charge in [-0.3, -0.25) is 9.78 Å².